The summed E-state index contributed by atoms with van der Waals surface area (Å²) in [7, 11) is 0. The number of hydrogen-bond donors (Lipinski definition) is 1. The second-order valence-corrected chi connectivity index (χ2v) is 5.08. The van der Waals surface area contributed by atoms with Crippen molar-refractivity contribution in [3.05, 3.63) is 0 Å². The first-order valence-electron chi connectivity index (χ1n) is 6.42. The van der Waals surface area contributed by atoms with Crippen molar-refractivity contribution < 1.29 is 9.47 Å². The molecule has 0 aliphatic rings. The molecule has 0 aromatic carbocycles. The monoisotopic (exact) mass is 231 g/mol. The topological polar surface area (TPSA) is 30.5 Å². The van der Waals surface area contributed by atoms with Crippen molar-refractivity contribution in [2.75, 3.05) is 13.2 Å². The lowest BCUT2D eigenvalue weighted by Crippen LogP contribution is -2.35. The van der Waals surface area contributed by atoms with Gasteiger partial charge in [-0.05, 0) is 34.1 Å². The van der Waals surface area contributed by atoms with Crippen LogP contribution in [0, 0.1) is 0 Å². The smallest absolute Gasteiger partial charge is 0.0724 e. The second-order valence-electron chi connectivity index (χ2n) is 5.08. The Morgan fingerprint density at radius 2 is 1.56 bits per heavy atom. The summed E-state index contributed by atoms with van der Waals surface area (Å²) in [6.07, 6.45) is 1.78. The van der Waals surface area contributed by atoms with Crippen LogP contribution in [0.25, 0.3) is 0 Å². The summed E-state index contributed by atoms with van der Waals surface area (Å²) in [5.41, 5.74) is 0. The first-order valence-corrected chi connectivity index (χ1v) is 6.42. The van der Waals surface area contributed by atoms with Gasteiger partial charge in [-0.1, -0.05) is 13.8 Å². The SMILES string of the molecule is CC(C)NCC(CCOC(C)C)OC(C)C. The van der Waals surface area contributed by atoms with Gasteiger partial charge in [0.05, 0.1) is 18.3 Å². The van der Waals surface area contributed by atoms with Crippen LogP contribution in [-0.4, -0.2) is 37.5 Å². The molecule has 0 aliphatic carbocycles. The van der Waals surface area contributed by atoms with E-state index in [9.17, 15) is 0 Å². The van der Waals surface area contributed by atoms with E-state index in [1.165, 1.54) is 0 Å². The summed E-state index contributed by atoms with van der Waals surface area (Å²) in [5, 5.41) is 3.41. The van der Waals surface area contributed by atoms with Gasteiger partial charge in [0.15, 0.2) is 0 Å². The predicted octanol–water partition coefficient (Wildman–Crippen LogP) is 2.59. The maximum atomic E-state index is 5.84. The molecule has 1 unspecified atom stereocenters. The number of rotatable bonds is 9. The van der Waals surface area contributed by atoms with Crippen molar-refractivity contribution in [3.8, 4) is 0 Å². The normalized spacial score (nSPS) is 14.1. The van der Waals surface area contributed by atoms with E-state index in [1.54, 1.807) is 0 Å². The maximum absolute atomic E-state index is 5.84. The van der Waals surface area contributed by atoms with Gasteiger partial charge in [-0.2, -0.15) is 0 Å². The number of ether oxygens (including phenoxy) is 2. The van der Waals surface area contributed by atoms with Gasteiger partial charge < -0.3 is 14.8 Å². The van der Waals surface area contributed by atoms with Gasteiger partial charge in [0.25, 0.3) is 0 Å². The summed E-state index contributed by atoms with van der Waals surface area (Å²) in [6, 6.07) is 0.504. The van der Waals surface area contributed by atoms with Gasteiger partial charge in [0.1, 0.15) is 0 Å². The Hall–Kier alpha value is -0.120. The van der Waals surface area contributed by atoms with E-state index in [0.29, 0.717) is 12.1 Å². The Morgan fingerprint density at radius 3 is 2.00 bits per heavy atom. The van der Waals surface area contributed by atoms with E-state index in [2.05, 4.69) is 46.9 Å². The van der Waals surface area contributed by atoms with Crippen LogP contribution in [0.5, 0.6) is 0 Å². The molecule has 0 spiro atoms. The summed E-state index contributed by atoms with van der Waals surface area (Å²) in [5.74, 6) is 0. The fraction of sp³-hybridized carbons (Fsp3) is 1.00. The summed E-state index contributed by atoms with van der Waals surface area (Å²) >= 11 is 0. The molecule has 0 aliphatic heterocycles. The van der Waals surface area contributed by atoms with Crippen LogP contribution in [0.2, 0.25) is 0 Å². The Morgan fingerprint density at radius 1 is 0.938 bits per heavy atom. The zero-order chi connectivity index (χ0) is 12.6. The van der Waals surface area contributed by atoms with E-state index in [1.807, 2.05) is 0 Å². The van der Waals surface area contributed by atoms with E-state index in [4.69, 9.17) is 9.47 Å². The fourth-order valence-corrected chi connectivity index (χ4v) is 1.41. The second kappa shape index (κ2) is 8.97. The van der Waals surface area contributed by atoms with Crippen LogP contribution >= 0.6 is 0 Å². The molecule has 0 aromatic rings. The minimum Gasteiger partial charge on any atom is -0.379 e. The quantitative estimate of drug-likeness (QED) is 0.661. The fourth-order valence-electron chi connectivity index (χ4n) is 1.41. The molecule has 0 saturated carbocycles. The lowest BCUT2D eigenvalue weighted by Gasteiger charge is -2.22. The van der Waals surface area contributed by atoms with Gasteiger partial charge in [0, 0.05) is 19.2 Å². The Labute approximate surface area is 101 Å². The Kier molecular flexibility index (Phi) is 8.90. The van der Waals surface area contributed by atoms with Gasteiger partial charge >= 0.3 is 0 Å². The predicted molar refractivity (Wildman–Crippen MR) is 68.9 cm³/mol. The summed E-state index contributed by atoms with van der Waals surface area (Å²) < 4.78 is 11.4. The maximum Gasteiger partial charge on any atom is 0.0724 e. The highest BCUT2D eigenvalue weighted by molar-refractivity contribution is 4.65. The largest absolute Gasteiger partial charge is 0.379 e. The van der Waals surface area contributed by atoms with Gasteiger partial charge in [-0.15, -0.1) is 0 Å². The average molecular weight is 231 g/mol. The minimum atomic E-state index is 0.251. The molecule has 0 heterocycles. The standard InChI is InChI=1S/C13H29NO2/c1-10(2)14-9-13(16-12(5)6)7-8-15-11(3)4/h10-14H,7-9H2,1-6H3. The zero-order valence-electron chi connectivity index (χ0n) is 11.7. The van der Waals surface area contributed by atoms with Gasteiger partial charge in [0.2, 0.25) is 0 Å². The molecule has 98 valence electrons. The highest BCUT2D eigenvalue weighted by Gasteiger charge is 2.11. The average Bonchev–Trinajstić information content (AvgIpc) is 2.12. The Balaban J connectivity index is 3.81. The molecule has 3 nitrogen and oxygen atoms in total. The molecule has 16 heavy (non-hydrogen) atoms. The van der Waals surface area contributed by atoms with Gasteiger partial charge in [-0.25, -0.2) is 0 Å². The third-order valence-electron chi connectivity index (χ3n) is 2.11. The Bertz CT molecular complexity index is 158. The molecular formula is C13H29NO2. The van der Waals surface area contributed by atoms with Crippen LogP contribution in [0.3, 0.4) is 0 Å². The lowest BCUT2D eigenvalue weighted by atomic mass is 10.2. The third-order valence-corrected chi connectivity index (χ3v) is 2.11. The van der Waals surface area contributed by atoms with Crippen molar-refractivity contribution in [1.29, 1.82) is 0 Å². The van der Waals surface area contributed by atoms with Crippen LogP contribution in [0.15, 0.2) is 0 Å². The highest BCUT2D eigenvalue weighted by Crippen LogP contribution is 2.04. The molecule has 0 aromatic heterocycles. The summed E-state index contributed by atoms with van der Waals surface area (Å²) in [4.78, 5) is 0. The van der Waals surface area contributed by atoms with Crippen molar-refractivity contribution in [1.82, 2.24) is 5.32 Å². The zero-order valence-corrected chi connectivity index (χ0v) is 11.7. The molecule has 0 amide bonds. The molecule has 3 heteroatoms. The van der Waals surface area contributed by atoms with Gasteiger partial charge in [-0.3, -0.25) is 0 Å². The van der Waals surface area contributed by atoms with Crippen molar-refractivity contribution in [3.63, 3.8) is 0 Å². The highest BCUT2D eigenvalue weighted by atomic mass is 16.5. The minimum absolute atomic E-state index is 0.251. The molecular weight excluding hydrogens is 202 g/mol. The van der Waals surface area contributed by atoms with Crippen LogP contribution in [0.4, 0.5) is 0 Å². The molecule has 0 bridgehead atoms. The lowest BCUT2D eigenvalue weighted by molar-refractivity contribution is -0.0207. The van der Waals surface area contributed by atoms with Crippen LogP contribution < -0.4 is 5.32 Å². The molecule has 0 radical (unpaired) electrons. The number of nitrogens with one attached hydrogen (secondary N) is 1. The molecule has 0 rings (SSSR count). The third kappa shape index (κ3) is 10.4. The first-order chi connectivity index (χ1) is 7.41. The summed E-state index contributed by atoms with van der Waals surface area (Å²) in [6.45, 7) is 14.2. The number of hydrogen-bond acceptors (Lipinski definition) is 3. The van der Waals surface area contributed by atoms with Crippen molar-refractivity contribution >= 4 is 0 Å². The molecule has 0 saturated heterocycles. The molecule has 1 atom stereocenters. The van der Waals surface area contributed by atoms with Crippen molar-refractivity contribution in [2.24, 2.45) is 0 Å². The molecule has 0 fully saturated rings. The van der Waals surface area contributed by atoms with E-state index in [-0.39, 0.29) is 12.2 Å². The van der Waals surface area contributed by atoms with Crippen LogP contribution in [-0.2, 0) is 9.47 Å². The first kappa shape index (κ1) is 15.9. The van der Waals surface area contributed by atoms with E-state index >= 15 is 0 Å². The molecule has 1 N–H and O–H groups in total. The van der Waals surface area contributed by atoms with Crippen LogP contribution in [0.1, 0.15) is 48.0 Å². The van der Waals surface area contributed by atoms with E-state index in [0.717, 1.165) is 19.6 Å². The van der Waals surface area contributed by atoms with Crippen molar-refractivity contribution in [2.45, 2.75) is 72.3 Å². The van der Waals surface area contributed by atoms with E-state index < -0.39 is 0 Å².